The summed E-state index contributed by atoms with van der Waals surface area (Å²) in [6, 6.07) is 10.2. The van der Waals surface area contributed by atoms with Crippen molar-refractivity contribution in [1.29, 1.82) is 0 Å². The van der Waals surface area contributed by atoms with Gasteiger partial charge in [0.05, 0.1) is 5.02 Å². The molecule has 1 aromatic carbocycles. The molecule has 0 radical (unpaired) electrons. The first-order valence-corrected chi connectivity index (χ1v) is 8.53. The highest BCUT2D eigenvalue weighted by atomic mass is 35.5. The number of benzene rings is 1. The standard InChI is InChI=1S/C19H19Cl2NO3/c1-11(25-18(24)16-14(20)9-10-15(21)22-16)17(23)12-5-7-13(8-6-12)19(2,3)4/h5-11H,1-4H3/t11-/m0/s1. The zero-order valence-electron chi connectivity index (χ0n) is 14.5. The minimum Gasteiger partial charge on any atom is -0.449 e. The van der Waals surface area contributed by atoms with Crippen LogP contribution in [-0.4, -0.2) is 22.8 Å². The highest BCUT2D eigenvalue weighted by Crippen LogP contribution is 2.23. The van der Waals surface area contributed by atoms with Crippen LogP contribution < -0.4 is 0 Å². The van der Waals surface area contributed by atoms with Crippen LogP contribution in [0.4, 0.5) is 0 Å². The van der Waals surface area contributed by atoms with E-state index < -0.39 is 12.1 Å². The quantitative estimate of drug-likeness (QED) is 0.420. The van der Waals surface area contributed by atoms with Crippen LogP contribution in [0.1, 0.15) is 54.1 Å². The Morgan fingerprint density at radius 2 is 1.64 bits per heavy atom. The van der Waals surface area contributed by atoms with Crippen LogP contribution in [0.25, 0.3) is 0 Å². The van der Waals surface area contributed by atoms with Gasteiger partial charge in [-0.15, -0.1) is 0 Å². The van der Waals surface area contributed by atoms with Crippen molar-refractivity contribution < 1.29 is 14.3 Å². The third-order valence-electron chi connectivity index (χ3n) is 3.69. The van der Waals surface area contributed by atoms with Crippen molar-refractivity contribution in [3.63, 3.8) is 0 Å². The van der Waals surface area contributed by atoms with E-state index in [4.69, 9.17) is 27.9 Å². The number of nitrogens with zero attached hydrogens (tertiary/aromatic N) is 1. The number of aromatic nitrogens is 1. The molecule has 0 aliphatic rings. The van der Waals surface area contributed by atoms with Gasteiger partial charge in [0.15, 0.2) is 11.8 Å². The summed E-state index contributed by atoms with van der Waals surface area (Å²) in [5, 5.41) is 0.233. The number of pyridine rings is 1. The molecule has 0 N–H and O–H groups in total. The predicted octanol–water partition coefficient (Wildman–Crippen LogP) is 5.11. The van der Waals surface area contributed by atoms with E-state index in [0.29, 0.717) is 5.56 Å². The molecule has 0 unspecified atom stereocenters. The van der Waals surface area contributed by atoms with Crippen LogP contribution in [0.3, 0.4) is 0 Å². The Bertz CT molecular complexity index is 795. The summed E-state index contributed by atoms with van der Waals surface area (Å²) in [5.41, 5.74) is 1.47. The molecule has 0 aliphatic heterocycles. The molecule has 4 nitrogen and oxygen atoms in total. The number of rotatable bonds is 4. The number of ketones is 1. The first-order chi connectivity index (χ1) is 11.6. The normalized spacial score (nSPS) is 12.6. The molecule has 0 fully saturated rings. The SMILES string of the molecule is C[C@H](OC(=O)c1nc(Cl)ccc1Cl)C(=O)c1ccc(C(C)(C)C)cc1. The van der Waals surface area contributed by atoms with Crippen molar-refractivity contribution in [2.75, 3.05) is 0 Å². The summed E-state index contributed by atoms with van der Waals surface area (Å²) in [7, 11) is 0. The molecule has 1 heterocycles. The second-order valence-electron chi connectivity index (χ2n) is 6.70. The van der Waals surface area contributed by atoms with E-state index in [2.05, 4.69) is 25.8 Å². The Morgan fingerprint density at radius 3 is 2.20 bits per heavy atom. The Labute approximate surface area is 157 Å². The van der Waals surface area contributed by atoms with Gasteiger partial charge in [-0.3, -0.25) is 4.79 Å². The first-order valence-electron chi connectivity index (χ1n) is 7.77. The number of Topliss-reactive ketones (excluding diaryl/α,β-unsaturated/α-hetero) is 1. The van der Waals surface area contributed by atoms with Gasteiger partial charge >= 0.3 is 5.97 Å². The van der Waals surface area contributed by atoms with E-state index >= 15 is 0 Å². The number of carbonyl (C=O) groups is 2. The second-order valence-corrected chi connectivity index (χ2v) is 7.50. The van der Waals surface area contributed by atoms with E-state index in [1.165, 1.54) is 19.1 Å². The van der Waals surface area contributed by atoms with E-state index in [-0.39, 0.29) is 27.1 Å². The topological polar surface area (TPSA) is 56.3 Å². The molecular formula is C19H19Cl2NO3. The van der Waals surface area contributed by atoms with Crippen LogP contribution in [0.2, 0.25) is 10.2 Å². The minimum absolute atomic E-state index is 0.00530. The lowest BCUT2D eigenvalue weighted by atomic mass is 9.86. The van der Waals surface area contributed by atoms with Gasteiger partial charge in [0.2, 0.25) is 5.78 Å². The van der Waals surface area contributed by atoms with Gasteiger partial charge in [0, 0.05) is 5.56 Å². The summed E-state index contributed by atoms with van der Waals surface area (Å²) in [4.78, 5) is 28.5. The van der Waals surface area contributed by atoms with Gasteiger partial charge in [0.1, 0.15) is 5.15 Å². The largest absolute Gasteiger partial charge is 0.449 e. The van der Waals surface area contributed by atoms with E-state index in [0.717, 1.165) is 5.56 Å². The van der Waals surface area contributed by atoms with Crippen LogP contribution in [0.5, 0.6) is 0 Å². The van der Waals surface area contributed by atoms with Crippen molar-refractivity contribution in [1.82, 2.24) is 4.98 Å². The van der Waals surface area contributed by atoms with Gasteiger partial charge < -0.3 is 4.74 Å². The molecule has 132 valence electrons. The van der Waals surface area contributed by atoms with Gasteiger partial charge in [-0.2, -0.15) is 0 Å². The maximum absolute atomic E-state index is 12.5. The number of hydrogen-bond acceptors (Lipinski definition) is 4. The van der Waals surface area contributed by atoms with Crippen molar-refractivity contribution in [3.8, 4) is 0 Å². The Kier molecular flexibility index (Phi) is 5.86. The Hall–Kier alpha value is -1.91. The summed E-state index contributed by atoms with van der Waals surface area (Å²) in [6.45, 7) is 7.79. The Balaban J connectivity index is 2.12. The molecule has 1 atom stereocenters. The first kappa shape index (κ1) is 19.4. The van der Waals surface area contributed by atoms with Gasteiger partial charge in [0.25, 0.3) is 0 Å². The highest BCUT2D eigenvalue weighted by Gasteiger charge is 2.23. The van der Waals surface area contributed by atoms with Crippen molar-refractivity contribution in [2.45, 2.75) is 39.2 Å². The van der Waals surface area contributed by atoms with Crippen molar-refractivity contribution >= 4 is 35.0 Å². The molecule has 0 aliphatic carbocycles. The molecule has 25 heavy (non-hydrogen) atoms. The predicted molar refractivity (Wildman–Crippen MR) is 98.6 cm³/mol. The molecular weight excluding hydrogens is 361 g/mol. The molecule has 0 saturated carbocycles. The van der Waals surface area contributed by atoms with E-state index in [9.17, 15) is 9.59 Å². The summed E-state index contributed by atoms with van der Waals surface area (Å²) in [5.74, 6) is -1.09. The maximum atomic E-state index is 12.5. The minimum atomic E-state index is -0.968. The van der Waals surface area contributed by atoms with Gasteiger partial charge in [-0.05, 0) is 30.0 Å². The lowest BCUT2D eigenvalue weighted by molar-refractivity contribution is 0.0313. The smallest absolute Gasteiger partial charge is 0.359 e. The van der Waals surface area contributed by atoms with Gasteiger partial charge in [-0.1, -0.05) is 68.2 Å². The number of carbonyl (C=O) groups excluding carboxylic acids is 2. The average Bonchev–Trinajstić information content (AvgIpc) is 2.55. The van der Waals surface area contributed by atoms with Crippen LogP contribution >= 0.6 is 23.2 Å². The summed E-state index contributed by atoms with van der Waals surface area (Å²) < 4.78 is 5.19. The molecule has 0 saturated heterocycles. The van der Waals surface area contributed by atoms with Crippen LogP contribution in [0, 0.1) is 0 Å². The number of esters is 1. The highest BCUT2D eigenvalue weighted by molar-refractivity contribution is 6.34. The molecule has 0 amide bonds. The zero-order chi connectivity index (χ0) is 18.8. The van der Waals surface area contributed by atoms with Crippen molar-refractivity contribution in [2.24, 2.45) is 0 Å². The van der Waals surface area contributed by atoms with Gasteiger partial charge in [-0.25, -0.2) is 9.78 Å². The Morgan fingerprint density at radius 1 is 1.04 bits per heavy atom. The molecule has 2 aromatic rings. The lowest BCUT2D eigenvalue weighted by Crippen LogP contribution is -2.25. The molecule has 2 rings (SSSR count). The second kappa shape index (κ2) is 7.54. The molecule has 1 aromatic heterocycles. The third kappa shape index (κ3) is 4.80. The summed E-state index contributed by atoms with van der Waals surface area (Å²) >= 11 is 11.7. The zero-order valence-corrected chi connectivity index (χ0v) is 16.0. The molecule has 6 heteroatoms. The van der Waals surface area contributed by atoms with E-state index in [1.807, 2.05) is 12.1 Å². The molecule has 0 spiro atoms. The fraction of sp³-hybridized carbons (Fsp3) is 0.316. The fourth-order valence-corrected chi connectivity index (χ4v) is 2.53. The fourth-order valence-electron chi connectivity index (χ4n) is 2.20. The number of ether oxygens (including phenoxy) is 1. The van der Waals surface area contributed by atoms with Crippen LogP contribution in [0.15, 0.2) is 36.4 Å². The summed E-state index contributed by atoms with van der Waals surface area (Å²) in [6.07, 6.45) is -0.968. The number of hydrogen-bond donors (Lipinski definition) is 0. The third-order valence-corrected chi connectivity index (χ3v) is 4.21. The average molecular weight is 380 g/mol. The van der Waals surface area contributed by atoms with E-state index in [1.54, 1.807) is 12.1 Å². The molecule has 0 bridgehead atoms. The number of halogens is 2. The lowest BCUT2D eigenvalue weighted by Gasteiger charge is -2.19. The maximum Gasteiger partial charge on any atom is 0.359 e. The van der Waals surface area contributed by atoms with Crippen molar-refractivity contribution in [3.05, 3.63) is 63.4 Å². The monoisotopic (exact) mass is 379 g/mol. The van der Waals surface area contributed by atoms with Crippen LogP contribution in [-0.2, 0) is 10.2 Å².